The van der Waals surface area contributed by atoms with Crippen LogP contribution in [-0.4, -0.2) is 36.8 Å². The van der Waals surface area contributed by atoms with Gasteiger partial charge in [0, 0.05) is 17.4 Å². The van der Waals surface area contributed by atoms with E-state index in [9.17, 15) is 23.1 Å². The maximum Gasteiger partial charge on any atom is 0.300 e. The number of sulfonamides is 1. The SMILES string of the molecule is CCOc1ccc(Cl)c(/C(O)=C2\C(=O)C(=O)N(c3ccc(S(N)(=O)=O)cc3)C2c2ccccn2)c1. The highest BCUT2D eigenvalue weighted by Crippen LogP contribution is 2.42. The van der Waals surface area contributed by atoms with Crippen LogP contribution in [0.25, 0.3) is 5.76 Å². The number of hydrogen-bond donors (Lipinski definition) is 2. The Hall–Kier alpha value is -3.73. The van der Waals surface area contributed by atoms with Gasteiger partial charge in [0.1, 0.15) is 17.6 Å². The van der Waals surface area contributed by atoms with Crippen LogP contribution in [-0.2, 0) is 19.6 Å². The number of aliphatic hydroxyl groups excluding tert-OH is 1. The molecule has 180 valence electrons. The molecule has 0 spiro atoms. The summed E-state index contributed by atoms with van der Waals surface area (Å²) in [6.45, 7) is 2.16. The number of anilines is 1. The molecule has 1 aliphatic heterocycles. The second kappa shape index (κ2) is 9.49. The van der Waals surface area contributed by atoms with Gasteiger partial charge in [0.25, 0.3) is 11.7 Å². The molecule has 9 nitrogen and oxygen atoms in total. The number of carbonyl (C=O) groups excluding carboxylic acids is 2. The van der Waals surface area contributed by atoms with Crippen LogP contribution in [0.2, 0.25) is 5.02 Å². The van der Waals surface area contributed by atoms with Gasteiger partial charge in [-0.05, 0) is 61.5 Å². The van der Waals surface area contributed by atoms with Crippen molar-refractivity contribution in [2.45, 2.75) is 17.9 Å². The largest absolute Gasteiger partial charge is 0.507 e. The van der Waals surface area contributed by atoms with Crippen LogP contribution in [0.15, 0.2) is 77.3 Å². The molecule has 1 aliphatic rings. The molecule has 1 aromatic heterocycles. The first-order valence-electron chi connectivity index (χ1n) is 10.4. The molecule has 2 heterocycles. The Bertz CT molecular complexity index is 1440. The topological polar surface area (TPSA) is 140 Å². The second-order valence-corrected chi connectivity index (χ2v) is 9.51. The molecule has 1 unspecified atom stereocenters. The molecule has 0 saturated carbocycles. The summed E-state index contributed by atoms with van der Waals surface area (Å²) >= 11 is 6.32. The number of primary sulfonamides is 1. The molecule has 2 aromatic carbocycles. The Morgan fingerprint density at radius 2 is 1.86 bits per heavy atom. The van der Waals surface area contributed by atoms with Crippen LogP contribution >= 0.6 is 11.6 Å². The van der Waals surface area contributed by atoms with Crippen molar-refractivity contribution in [3.05, 3.63) is 88.7 Å². The Balaban J connectivity index is 1.92. The lowest BCUT2D eigenvalue weighted by atomic mass is 9.98. The van der Waals surface area contributed by atoms with E-state index in [1.807, 2.05) is 0 Å². The molecular weight excluding hydrogens is 494 g/mol. The van der Waals surface area contributed by atoms with Crippen molar-refractivity contribution < 1.29 is 27.9 Å². The van der Waals surface area contributed by atoms with Crippen LogP contribution < -0.4 is 14.8 Å². The van der Waals surface area contributed by atoms with Crippen LogP contribution in [0.3, 0.4) is 0 Å². The molecule has 0 bridgehead atoms. The van der Waals surface area contributed by atoms with Crippen LogP contribution in [0, 0.1) is 0 Å². The van der Waals surface area contributed by atoms with E-state index in [2.05, 4.69) is 4.98 Å². The minimum absolute atomic E-state index is 0.112. The predicted molar refractivity (Wildman–Crippen MR) is 129 cm³/mol. The van der Waals surface area contributed by atoms with Gasteiger partial charge in [0.2, 0.25) is 10.0 Å². The summed E-state index contributed by atoms with van der Waals surface area (Å²) in [4.78, 5) is 31.7. The summed E-state index contributed by atoms with van der Waals surface area (Å²) in [7, 11) is -3.97. The highest BCUT2D eigenvalue weighted by Gasteiger charge is 2.47. The zero-order valence-corrected chi connectivity index (χ0v) is 20.0. The molecule has 3 N–H and O–H groups in total. The van der Waals surface area contributed by atoms with E-state index in [1.165, 1.54) is 42.6 Å². The van der Waals surface area contributed by atoms with Crippen molar-refractivity contribution in [2.75, 3.05) is 11.5 Å². The Kier molecular flexibility index (Phi) is 6.62. The molecule has 1 saturated heterocycles. The van der Waals surface area contributed by atoms with Crippen LogP contribution in [0.1, 0.15) is 24.2 Å². The number of carbonyl (C=O) groups is 2. The standard InChI is InChI=1S/C24H20ClN3O6S/c1-2-34-15-8-11-18(25)17(13-15)22(29)20-21(19-5-3-4-12-27-19)28(24(31)23(20)30)14-6-9-16(10-7-14)35(26,32)33/h3-13,21,29H,2H2,1H3,(H2,26,32,33)/b22-20+. The molecule has 3 aromatic rings. The van der Waals surface area contributed by atoms with Crippen LogP contribution in [0.5, 0.6) is 5.75 Å². The summed E-state index contributed by atoms with van der Waals surface area (Å²) in [5, 5.41) is 16.6. The normalized spacial score (nSPS) is 17.6. The lowest BCUT2D eigenvalue weighted by molar-refractivity contribution is -0.132. The van der Waals surface area contributed by atoms with E-state index < -0.39 is 33.5 Å². The summed E-state index contributed by atoms with van der Waals surface area (Å²) < 4.78 is 28.8. The predicted octanol–water partition coefficient (Wildman–Crippen LogP) is 3.41. The van der Waals surface area contributed by atoms with Crippen molar-refractivity contribution in [3.8, 4) is 5.75 Å². The average Bonchev–Trinajstić information content (AvgIpc) is 3.10. The fourth-order valence-electron chi connectivity index (χ4n) is 3.80. The first-order chi connectivity index (χ1) is 16.6. The number of hydrogen-bond acceptors (Lipinski definition) is 7. The number of halogens is 1. The molecule has 1 atom stereocenters. The van der Waals surface area contributed by atoms with Crippen molar-refractivity contribution in [3.63, 3.8) is 0 Å². The van der Waals surface area contributed by atoms with Gasteiger partial charge in [-0.2, -0.15) is 0 Å². The van der Waals surface area contributed by atoms with Crippen molar-refractivity contribution in [1.29, 1.82) is 0 Å². The third-order valence-corrected chi connectivity index (χ3v) is 6.62. The monoisotopic (exact) mass is 513 g/mol. The van der Waals surface area contributed by atoms with Gasteiger partial charge in [-0.3, -0.25) is 19.5 Å². The third kappa shape index (κ3) is 4.63. The molecular formula is C24H20ClN3O6S. The minimum Gasteiger partial charge on any atom is -0.507 e. The first kappa shape index (κ1) is 24.4. The van der Waals surface area contributed by atoms with Gasteiger partial charge in [-0.15, -0.1) is 0 Å². The van der Waals surface area contributed by atoms with Gasteiger partial charge in [-0.25, -0.2) is 13.6 Å². The molecule has 1 fully saturated rings. The quantitative estimate of drug-likeness (QED) is 0.292. The molecule has 1 amide bonds. The lowest BCUT2D eigenvalue weighted by Crippen LogP contribution is -2.29. The minimum atomic E-state index is -3.97. The zero-order chi connectivity index (χ0) is 25.3. The number of ketones is 1. The number of pyridine rings is 1. The fraction of sp³-hybridized carbons (Fsp3) is 0.125. The number of ether oxygens (including phenoxy) is 1. The third-order valence-electron chi connectivity index (χ3n) is 5.36. The number of nitrogens with zero attached hydrogens (tertiary/aromatic N) is 2. The molecule has 0 aliphatic carbocycles. The average molecular weight is 514 g/mol. The Morgan fingerprint density at radius 1 is 1.14 bits per heavy atom. The second-order valence-electron chi connectivity index (χ2n) is 7.54. The number of nitrogens with two attached hydrogens (primary N) is 1. The maximum atomic E-state index is 13.2. The highest BCUT2D eigenvalue weighted by molar-refractivity contribution is 7.89. The number of aromatic nitrogens is 1. The number of Topliss-reactive ketones (excluding diaryl/α,β-unsaturated/α-hetero) is 1. The van der Waals surface area contributed by atoms with Crippen molar-refractivity contribution in [1.82, 2.24) is 4.98 Å². The fourth-order valence-corrected chi connectivity index (χ4v) is 4.52. The zero-order valence-electron chi connectivity index (χ0n) is 18.4. The van der Waals surface area contributed by atoms with Crippen LogP contribution in [0.4, 0.5) is 5.69 Å². The maximum absolute atomic E-state index is 13.2. The van der Waals surface area contributed by atoms with E-state index in [1.54, 1.807) is 31.2 Å². The number of amides is 1. The number of rotatable bonds is 6. The van der Waals surface area contributed by atoms with E-state index in [0.717, 1.165) is 4.90 Å². The van der Waals surface area contributed by atoms with E-state index in [4.69, 9.17) is 21.5 Å². The van der Waals surface area contributed by atoms with Gasteiger partial charge >= 0.3 is 0 Å². The van der Waals surface area contributed by atoms with Crippen molar-refractivity contribution in [2.24, 2.45) is 5.14 Å². The Morgan fingerprint density at radius 3 is 2.46 bits per heavy atom. The molecule has 11 heteroatoms. The van der Waals surface area contributed by atoms with E-state index >= 15 is 0 Å². The lowest BCUT2D eigenvalue weighted by Gasteiger charge is -2.24. The molecule has 4 rings (SSSR count). The Labute approximate surface area is 206 Å². The number of aliphatic hydroxyl groups is 1. The molecule has 35 heavy (non-hydrogen) atoms. The summed E-state index contributed by atoms with van der Waals surface area (Å²) in [6, 6.07) is 13.6. The highest BCUT2D eigenvalue weighted by atomic mass is 35.5. The first-order valence-corrected chi connectivity index (χ1v) is 12.3. The summed E-state index contributed by atoms with van der Waals surface area (Å²) in [5.74, 6) is -1.95. The molecule has 0 radical (unpaired) electrons. The van der Waals surface area contributed by atoms with E-state index in [-0.39, 0.29) is 26.7 Å². The van der Waals surface area contributed by atoms with Gasteiger partial charge in [-0.1, -0.05) is 17.7 Å². The van der Waals surface area contributed by atoms with Crippen molar-refractivity contribution >= 4 is 44.8 Å². The summed E-state index contributed by atoms with van der Waals surface area (Å²) in [5.41, 5.74) is 0.408. The number of benzene rings is 2. The van der Waals surface area contributed by atoms with Gasteiger partial charge < -0.3 is 9.84 Å². The van der Waals surface area contributed by atoms with Gasteiger partial charge in [0.05, 0.1) is 27.8 Å². The van der Waals surface area contributed by atoms with Gasteiger partial charge in [0.15, 0.2) is 0 Å². The van der Waals surface area contributed by atoms with E-state index in [0.29, 0.717) is 18.1 Å². The smallest absolute Gasteiger partial charge is 0.300 e. The summed E-state index contributed by atoms with van der Waals surface area (Å²) in [6.07, 6.45) is 1.49.